The standard InChI is InChI=1S/C21H27FN6O/c1-13(2)25-19-7-8-28(14(3)29)12-17(19)21(23)26-20-6-5-15(9-18(20)22)16-10-24-27(4)11-16/h5-6,9-11,13,25H,7-8,12H2,1-4H3,(H2,23,26). The summed E-state index contributed by atoms with van der Waals surface area (Å²) >= 11 is 0. The van der Waals surface area contributed by atoms with Crippen molar-refractivity contribution in [3.8, 4) is 11.1 Å². The van der Waals surface area contributed by atoms with E-state index < -0.39 is 5.82 Å². The number of carbonyl (C=O) groups is 1. The summed E-state index contributed by atoms with van der Waals surface area (Å²) in [6, 6.07) is 5.03. The van der Waals surface area contributed by atoms with Crippen molar-refractivity contribution in [3.05, 3.63) is 47.7 Å². The van der Waals surface area contributed by atoms with Gasteiger partial charge in [0.2, 0.25) is 5.91 Å². The van der Waals surface area contributed by atoms with E-state index in [1.807, 2.05) is 27.1 Å². The Balaban J connectivity index is 1.93. The number of aryl methyl sites for hydroxylation is 1. The lowest BCUT2D eigenvalue weighted by molar-refractivity contribution is -0.128. The highest BCUT2D eigenvalue weighted by molar-refractivity contribution is 6.00. The summed E-state index contributed by atoms with van der Waals surface area (Å²) in [5.41, 5.74) is 9.65. The van der Waals surface area contributed by atoms with E-state index in [-0.39, 0.29) is 23.5 Å². The first-order chi connectivity index (χ1) is 13.7. The maximum Gasteiger partial charge on any atom is 0.219 e. The molecule has 29 heavy (non-hydrogen) atoms. The molecule has 0 spiro atoms. The number of hydrogen-bond acceptors (Lipinski definition) is 4. The van der Waals surface area contributed by atoms with Gasteiger partial charge in [-0.1, -0.05) is 6.07 Å². The van der Waals surface area contributed by atoms with Crippen molar-refractivity contribution in [3.63, 3.8) is 0 Å². The minimum atomic E-state index is -0.465. The quantitative estimate of drug-likeness (QED) is 0.599. The van der Waals surface area contributed by atoms with Crippen molar-refractivity contribution < 1.29 is 9.18 Å². The Morgan fingerprint density at radius 1 is 1.34 bits per heavy atom. The predicted molar refractivity (Wildman–Crippen MR) is 112 cm³/mol. The van der Waals surface area contributed by atoms with Gasteiger partial charge >= 0.3 is 0 Å². The number of nitrogens with two attached hydrogens (primary N) is 1. The van der Waals surface area contributed by atoms with E-state index in [2.05, 4.69) is 15.4 Å². The molecule has 0 saturated carbocycles. The summed E-state index contributed by atoms with van der Waals surface area (Å²) in [6.45, 7) is 6.57. The fourth-order valence-corrected chi connectivity index (χ4v) is 3.32. The SMILES string of the molecule is CC(=O)N1CCC(NC(C)C)=C(C(N)=Nc2ccc(-c3cnn(C)c3)cc2F)C1. The van der Waals surface area contributed by atoms with E-state index in [0.29, 0.717) is 19.5 Å². The Kier molecular flexibility index (Phi) is 6.00. The molecule has 3 N–H and O–H groups in total. The zero-order chi connectivity index (χ0) is 21.1. The molecular weight excluding hydrogens is 371 g/mol. The summed E-state index contributed by atoms with van der Waals surface area (Å²) in [5.74, 6) is -0.273. The summed E-state index contributed by atoms with van der Waals surface area (Å²) in [5, 5.41) is 7.49. The highest BCUT2D eigenvalue weighted by atomic mass is 19.1. The van der Waals surface area contributed by atoms with Gasteiger partial charge in [0, 0.05) is 56.0 Å². The Hall–Kier alpha value is -3.16. The van der Waals surface area contributed by atoms with Crippen LogP contribution in [0.2, 0.25) is 0 Å². The molecule has 1 aliphatic heterocycles. The van der Waals surface area contributed by atoms with Gasteiger partial charge in [0.05, 0.1) is 12.7 Å². The van der Waals surface area contributed by atoms with Crippen LogP contribution in [0, 0.1) is 5.82 Å². The van der Waals surface area contributed by atoms with Crippen LogP contribution in [0.1, 0.15) is 27.2 Å². The molecule has 0 aliphatic carbocycles. The largest absolute Gasteiger partial charge is 0.386 e. The normalized spacial score (nSPS) is 15.2. The highest BCUT2D eigenvalue weighted by Crippen LogP contribution is 2.27. The summed E-state index contributed by atoms with van der Waals surface area (Å²) in [4.78, 5) is 17.9. The molecule has 1 aromatic carbocycles. The zero-order valence-electron chi connectivity index (χ0n) is 17.2. The Morgan fingerprint density at radius 2 is 2.10 bits per heavy atom. The van der Waals surface area contributed by atoms with Gasteiger partial charge in [-0.3, -0.25) is 9.48 Å². The second-order valence-electron chi connectivity index (χ2n) is 7.51. The number of benzene rings is 1. The Labute approximate surface area is 170 Å². The molecule has 0 bridgehead atoms. The van der Waals surface area contributed by atoms with Gasteiger partial charge < -0.3 is 16.0 Å². The zero-order valence-corrected chi connectivity index (χ0v) is 17.2. The van der Waals surface area contributed by atoms with Crippen molar-refractivity contribution in [1.29, 1.82) is 0 Å². The molecule has 2 aromatic rings. The van der Waals surface area contributed by atoms with E-state index in [4.69, 9.17) is 5.73 Å². The number of amides is 1. The molecule has 3 rings (SSSR count). The monoisotopic (exact) mass is 398 g/mol. The van der Waals surface area contributed by atoms with E-state index in [1.54, 1.807) is 27.9 Å². The van der Waals surface area contributed by atoms with Gasteiger partial charge in [0.25, 0.3) is 0 Å². The molecule has 1 aromatic heterocycles. The van der Waals surface area contributed by atoms with E-state index >= 15 is 0 Å². The molecule has 8 heteroatoms. The average molecular weight is 398 g/mol. The molecule has 7 nitrogen and oxygen atoms in total. The number of hydrogen-bond donors (Lipinski definition) is 2. The molecule has 0 saturated heterocycles. The second kappa shape index (κ2) is 8.46. The van der Waals surface area contributed by atoms with E-state index in [1.165, 1.54) is 13.0 Å². The average Bonchev–Trinajstić information content (AvgIpc) is 3.09. The van der Waals surface area contributed by atoms with Crippen molar-refractivity contribution in [1.82, 2.24) is 20.0 Å². The molecule has 0 radical (unpaired) electrons. The van der Waals surface area contributed by atoms with Crippen LogP contribution >= 0.6 is 0 Å². The van der Waals surface area contributed by atoms with Gasteiger partial charge in [0.1, 0.15) is 17.3 Å². The van der Waals surface area contributed by atoms with Crippen molar-refractivity contribution in [2.75, 3.05) is 13.1 Å². The molecule has 0 atom stereocenters. The predicted octanol–water partition coefficient (Wildman–Crippen LogP) is 2.72. The number of carbonyl (C=O) groups excluding carboxylic acids is 1. The molecule has 1 amide bonds. The molecule has 1 aliphatic rings. The fraction of sp³-hybridized carbons (Fsp3) is 0.381. The first kappa shape index (κ1) is 20.6. The van der Waals surface area contributed by atoms with Crippen molar-refractivity contribution >= 4 is 17.4 Å². The topological polar surface area (TPSA) is 88.5 Å². The van der Waals surface area contributed by atoms with Crippen molar-refractivity contribution in [2.24, 2.45) is 17.8 Å². The number of amidine groups is 1. The molecule has 0 fully saturated rings. The van der Waals surface area contributed by atoms with Gasteiger partial charge in [-0.05, 0) is 31.5 Å². The minimum Gasteiger partial charge on any atom is -0.386 e. The van der Waals surface area contributed by atoms with E-state index in [0.717, 1.165) is 22.4 Å². The maximum absolute atomic E-state index is 14.7. The number of halogens is 1. The Morgan fingerprint density at radius 3 is 2.69 bits per heavy atom. The number of nitrogens with one attached hydrogen (secondary N) is 1. The van der Waals surface area contributed by atoms with E-state index in [9.17, 15) is 9.18 Å². The first-order valence-electron chi connectivity index (χ1n) is 9.61. The lowest BCUT2D eigenvalue weighted by Crippen LogP contribution is -2.42. The van der Waals surface area contributed by atoms with Crippen molar-refractivity contribution in [2.45, 2.75) is 33.2 Å². The van der Waals surface area contributed by atoms with Gasteiger partial charge in [0.15, 0.2) is 0 Å². The van der Waals surface area contributed by atoms with Gasteiger partial charge in [-0.15, -0.1) is 0 Å². The summed E-state index contributed by atoms with van der Waals surface area (Å²) in [7, 11) is 1.81. The molecular formula is C21H27FN6O. The minimum absolute atomic E-state index is 0.0223. The lowest BCUT2D eigenvalue weighted by Gasteiger charge is -2.31. The Bertz CT molecular complexity index is 975. The number of aromatic nitrogens is 2. The van der Waals surface area contributed by atoms with Gasteiger partial charge in [-0.25, -0.2) is 9.38 Å². The smallest absolute Gasteiger partial charge is 0.219 e. The third-order valence-corrected chi connectivity index (χ3v) is 4.79. The maximum atomic E-state index is 14.7. The third kappa shape index (κ3) is 4.82. The molecule has 154 valence electrons. The van der Waals surface area contributed by atoms with Crippen LogP contribution < -0.4 is 11.1 Å². The van der Waals surface area contributed by atoms with Gasteiger partial charge in [-0.2, -0.15) is 5.10 Å². The second-order valence-corrected chi connectivity index (χ2v) is 7.51. The highest BCUT2D eigenvalue weighted by Gasteiger charge is 2.23. The molecule has 2 heterocycles. The molecule has 0 unspecified atom stereocenters. The summed E-state index contributed by atoms with van der Waals surface area (Å²) < 4.78 is 16.4. The van der Waals surface area contributed by atoms with Crippen LogP contribution in [0.3, 0.4) is 0 Å². The summed E-state index contributed by atoms with van der Waals surface area (Å²) in [6.07, 6.45) is 4.16. The lowest BCUT2D eigenvalue weighted by atomic mass is 10.0. The number of nitrogens with zero attached hydrogens (tertiary/aromatic N) is 4. The van der Waals surface area contributed by atoms with Crippen LogP contribution in [0.25, 0.3) is 11.1 Å². The van der Waals surface area contributed by atoms with Crippen LogP contribution in [0.4, 0.5) is 10.1 Å². The van der Waals surface area contributed by atoms with Crippen LogP contribution in [0.15, 0.2) is 46.9 Å². The van der Waals surface area contributed by atoms with Crippen LogP contribution in [-0.4, -0.2) is 45.6 Å². The van der Waals surface area contributed by atoms with Crippen LogP contribution in [0.5, 0.6) is 0 Å². The third-order valence-electron chi connectivity index (χ3n) is 4.79. The van der Waals surface area contributed by atoms with Crippen LogP contribution in [-0.2, 0) is 11.8 Å². The fourth-order valence-electron chi connectivity index (χ4n) is 3.32. The number of rotatable bonds is 5. The number of aliphatic imine (C=N–C) groups is 1. The first-order valence-corrected chi connectivity index (χ1v) is 9.61.